The second-order valence-corrected chi connectivity index (χ2v) is 8.09. The number of hydrogen-bond donors (Lipinski definition) is 1. The number of ether oxygens (including phenoxy) is 2. The molecule has 0 aromatic heterocycles. The molecule has 4 atom stereocenters. The molecule has 1 N–H and O–H groups in total. The molecule has 3 aliphatic rings. The highest BCUT2D eigenvalue weighted by atomic mass is 16.5. The van der Waals surface area contributed by atoms with Crippen LogP contribution in [0.15, 0.2) is 54.6 Å². The molecule has 3 aliphatic heterocycles. The highest BCUT2D eigenvalue weighted by Gasteiger charge is 2.77. The van der Waals surface area contributed by atoms with E-state index in [1.807, 2.05) is 30.3 Å². The number of methoxy groups -OCH3 is 2. The monoisotopic (exact) mass is 406 g/mol. The number of anilines is 1. The number of carbonyl (C=O) groups excluding carboxylic acids is 3. The Balaban J connectivity index is 1.66. The summed E-state index contributed by atoms with van der Waals surface area (Å²) in [4.78, 5) is 41.3. The first-order chi connectivity index (χ1) is 14.5. The Kier molecular flexibility index (Phi) is 4.02. The van der Waals surface area contributed by atoms with Gasteiger partial charge in [0, 0.05) is 0 Å². The van der Waals surface area contributed by atoms with Crippen molar-refractivity contribution in [3.8, 4) is 5.75 Å². The predicted molar refractivity (Wildman–Crippen MR) is 108 cm³/mol. The molecule has 0 spiro atoms. The van der Waals surface area contributed by atoms with E-state index in [-0.39, 0.29) is 11.8 Å². The number of nitrogens with zero attached hydrogens (tertiary/aromatic N) is 1. The molecule has 2 aromatic rings. The molecule has 7 heteroatoms. The maximum Gasteiger partial charge on any atom is 0.326 e. The van der Waals surface area contributed by atoms with E-state index in [0.29, 0.717) is 24.3 Å². The molecule has 3 saturated heterocycles. The fraction of sp³-hybridized carbons (Fsp3) is 0.348. The molecule has 3 heterocycles. The molecule has 3 fully saturated rings. The van der Waals surface area contributed by atoms with Crippen molar-refractivity contribution < 1.29 is 23.9 Å². The Morgan fingerprint density at radius 3 is 2.27 bits per heavy atom. The maximum absolute atomic E-state index is 13.6. The fourth-order valence-electron chi connectivity index (χ4n) is 5.62. The van der Waals surface area contributed by atoms with Gasteiger partial charge in [-0.05, 0) is 42.7 Å². The van der Waals surface area contributed by atoms with Gasteiger partial charge in [-0.25, -0.2) is 4.90 Å². The van der Waals surface area contributed by atoms with Gasteiger partial charge in [0.05, 0.1) is 37.3 Å². The minimum absolute atomic E-state index is 0.287. The van der Waals surface area contributed by atoms with Crippen molar-refractivity contribution in [1.82, 2.24) is 5.32 Å². The van der Waals surface area contributed by atoms with E-state index in [0.717, 1.165) is 5.56 Å². The van der Waals surface area contributed by atoms with Crippen molar-refractivity contribution in [3.63, 3.8) is 0 Å². The lowest BCUT2D eigenvalue weighted by Crippen LogP contribution is -2.54. The lowest BCUT2D eigenvalue weighted by atomic mass is 9.65. The molecule has 2 unspecified atom stereocenters. The highest BCUT2D eigenvalue weighted by molar-refractivity contribution is 6.24. The van der Waals surface area contributed by atoms with Crippen LogP contribution < -0.4 is 15.0 Å². The number of benzene rings is 2. The van der Waals surface area contributed by atoms with Gasteiger partial charge in [0.2, 0.25) is 11.8 Å². The van der Waals surface area contributed by atoms with Crippen LogP contribution in [0.1, 0.15) is 18.4 Å². The fourth-order valence-corrected chi connectivity index (χ4v) is 5.62. The Bertz CT molecular complexity index is 1040. The summed E-state index contributed by atoms with van der Waals surface area (Å²) in [6.07, 6.45) is 0.978. The lowest BCUT2D eigenvalue weighted by molar-refractivity contribution is -0.152. The first kappa shape index (κ1) is 18.8. The van der Waals surface area contributed by atoms with Crippen LogP contribution in [0.5, 0.6) is 5.75 Å². The summed E-state index contributed by atoms with van der Waals surface area (Å²) in [6.45, 7) is 0. The van der Waals surface area contributed by atoms with Crippen LogP contribution in [0, 0.1) is 11.8 Å². The third kappa shape index (κ3) is 2.21. The van der Waals surface area contributed by atoms with Crippen LogP contribution in [-0.2, 0) is 24.7 Å². The molecule has 154 valence electrons. The van der Waals surface area contributed by atoms with Crippen molar-refractivity contribution in [2.75, 3.05) is 19.1 Å². The van der Waals surface area contributed by atoms with Gasteiger partial charge >= 0.3 is 5.97 Å². The first-order valence-electron chi connectivity index (χ1n) is 9.94. The molecule has 0 saturated carbocycles. The number of hydrogen-bond acceptors (Lipinski definition) is 6. The number of nitrogens with one attached hydrogen (secondary N) is 1. The Labute approximate surface area is 174 Å². The maximum atomic E-state index is 13.6. The SMILES string of the molecule is COC(=O)[C@]12CC[C@@](c3ccc(OC)cc3)(N1)C1C(=O)N(c3ccccc3)C(=O)C12. The summed E-state index contributed by atoms with van der Waals surface area (Å²) < 4.78 is 10.4. The van der Waals surface area contributed by atoms with E-state index in [2.05, 4.69) is 5.32 Å². The number of amides is 2. The van der Waals surface area contributed by atoms with E-state index >= 15 is 0 Å². The van der Waals surface area contributed by atoms with E-state index in [1.54, 1.807) is 31.4 Å². The van der Waals surface area contributed by atoms with Gasteiger partial charge in [-0.2, -0.15) is 0 Å². The number of carbonyl (C=O) groups is 3. The van der Waals surface area contributed by atoms with Crippen LogP contribution in [0.4, 0.5) is 5.69 Å². The number of fused-ring (bicyclic) bond motifs is 5. The van der Waals surface area contributed by atoms with Crippen LogP contribution in [0.25, 0.3) is 0 Å². The lowest BCUT2D eigenvalue weighted by Gasteiger charge is -2.33. The van der Waals surface area contributed by atoms with Gasteiger partial charge in [0.25, 0.3) is 0 Å². The van der Waals surface area contributed by atoms with Gasteiger partial charge in [-0.3, -0.25) is 19.7 Å². The van der Waals surface area contributed by atoms with E-state index in [1.165, 1.54) is 12.0 Å². The van der Waals surface area contributed by atoms with Gasteiger partial charge < -0.3 is 9.47 Å². The van der Waals surface area contributed by atoms with E-state index in [9.17, 15) is 14.4 Å². The zero-order valence-electron chi connectivity index (χ0n) is 16.8. The molecular weight excluding hydrogens is 384 g/mol. The molecule has 2 aromatic carbocycles. The summed E-state index contributed by atoms with van der Waals surface area (Å²) in [6, 6.07) is 16.3. The smallest absolute Gasteiger partial charge is 0.326 e. The van der Waals surface area contributed by atoms with Crippen molar-refractivity contribution in [1.29, 1.82) is 0 Å². The molecule has 7 nitrogen and oxygen atoms in total. The Morgan fingerprint density at radius 2 is 1.63 bits per heavy atom. The molecule has 0 radical (unpaired) electrons. The van der Waals surface area contributed by atoms with E-state index < -0.39 is 28.9 Å². The molecule has 2 bridgehead atoms. The van der Waals surface area contributed by atoms with Gasteiger partial charge in [-0.15, -0.1) is 0 Å². The Morgan fingerprint density at radius 1 is 0.967 bits per heavy atom. The number of para-hydroxylation sites is 1. The molecule has 30 heavy (non-hydrogen) atoms. The standard InChI is InChI=1S/C23H22N2O5/c1-29-16-10-8-14(9-11-16)22-12-13-23(24-22,21(28)30-2)18-17(22)19(26)25(20(18)27)15-6-4-3-5-7-15/h3-11,17-18,24H,12-13H2,1-2H3/t17?,18?,22-,23+/m0/s1. The third-order valence-electron chi connectivity index (χ3n) is 6.90. The molecular formula is C23H22N2O5. The molecule has 0 aliphatic carbocycles. The summed E-state index contributed by atoms with van der Waals surface area (Å²) in [5.41, 5.74) is -0.652. The van der Waals surface area contributed by atoms with Crippen LogP contribution in [0.3, 0.4) is 0 Å². The van der Waals surface area contributed by atoms with Crippen LogP contribution >= 0.6 is 0 Å². The van der Waals surface area contributed by atoms with Gasteiger partial charge in [0.1, 0.15) is 11.3 Å². The number of esters is 1. The average Bonchev–Trinajstić information content (AvgIpc) is 3.42. The van der Waals surface area contributed by atoms with Crippen LogP contribution in [-0.4, -0.2) is 37.5 Å². The summed E-state index contributed by atoms with van der Waals surface area (Å²) >= 11 is 0. The zero-order valence-corrected chi connectivity index (χ0v) is 16.8. The summed E-state index contributed by atoms with van der Waals surface area (Å²) in [5.74, 6) is -1.95. The molecule has 5 rings (SSSR count). The van der Waals surface area contributed by atoms with Gasteiger partial charge in [-0.1, -0.05) is 30.3 Å². The zero-order chi connectivity index (χ0) is 21.1. The quantitative estimate of drug-likeness (QED) is 0.618. The van der Waals surface area contributed by atoms with Gasteiger partial charge in [0.15, 0.2) is 0 Å². The third-order valence-corrected chi connectivity index (χ3v) is 6.90. The normalized spacial score (nSPS) is 31.7. The minimum Gasteiger partial charge on any atom is -0.497 e. The van der Waals surface area contributed by atoms with E-state index in [4.69, 9.17) is 9.47 Å². The second-order valence-electron chi connectivity index (χ2n) is 8.09. The van der Waals surface area contributed by atoms with Crippen molar-refractivity contribution in [2.45, 2.75) is 23.9 Å². The number of rotatable bonds is 4. The molecule has 2 amide bonds. The average molecular weight is 406 g/mol. The summed E-state index contributed by atoms with van der Waals surface area (Å²) in [5, 5.41) is 3.41. The van der Waals surface area contributed by atoms with Crippen molar-refractivity contribution in [2.24, 2.45) is 11.8 Å². The number of imide groups is 1. The predicted octanol–water partition coefficient (Wildman–Crippen LogP) is 2.01. The minimum atomic E-state index is -1.21. The largest absolute Gasteiger partial charge is 0.497 e. The topological polar surface area (TPSA) is 84.9 Å². The van der Waals surface area contributed by atoms with Crippen LogP contribution in [0.2, 0.25) is 0 Å². The first-order valence-corrected chi connectivity index (χ1v) is 9.94. The van der Waals surface area contributed by atoms with Crippen molar-refractivity contribution in [3.05, 3.63) is 60.2 Å². The second kappa shape index (κ2) is 6.40. The summed E-state index contributed by atoms with van der Waals surface area (Å²) in [7, 11) is 2.90. The highest BCUT2D eigenvalue weighted by Crippen LogP contribution is 2.61. The Hall–Kier alpha value is -3.19. The van der Waals surface area contributed by atoms with Crippen molar-refractivity contribution >= 4 is 23.5 Å².